The third-order valence-electron chi connectivity index (χ3n) is 3.87. The molecule has 0 bridgehead atoms. The minimum atomic E-state index is 0.248. The standard InChI is InChI=1S/C16H25NO3/c1-12(17-10-13-5-4-8-20-11-13)15-7-6-14(18-2)9-16(15)19-3/h6-7,9,12-13,17H,4-5,8,10-11H2,1-3H3. The van der Waals surface area contributed by atoms with Crippen LogP contribution in [-0.2, 0) is 4.74 Å². The molecule has 1 fully saturated rings. The van der Waals surface area contributed by atoms with Crippen molar-refractivity contribution < 1.29 is 14.2 Å². The maximum atomic E-state index is 5.51. The van der Waals surface area contributed by atoms with Crippen molar-refractivity contribution in [3.63, 3.8) is 0 Å². The molecule has 4 heteroatoms. The summed E-state index contributed by atoms with van der Waals surface area (Å²) in [5.41, 5.74) is 1.16. The van der Waals surface area contributed by atoms with Gasteiger partial charge in [0.05, 0.1) is 20.8 Å². The van der Waals surface area contributed by atoms with Gasteiger partial charge in [-0.1, -0.05) is 6.07 Å². The Morgan fingerprint density at radius 3 is 2.85 bits per heavy atom. The third kappa shape index (κ3) is 3.87. The van der Waals surface area contributed by atoms with Crippen molar-refractivity contribution in [2.45, 2.75) is 25.8 Å². The normalized spacial score (nSPS) is 20.4. The van der Waals surface area contributed by atoms with Crippen LogP contribution in [0, 0.1) is 5.92 Å². The Kier molecular flexibility index (Phi) is 5.68. The summed E-state index contributed by atoms with van der Waals surface area (Å²) in [4.78, 5) is 0. The molecule has 2 atom stereocenters. The minimum absolute atomic E-state index is 0.248. The van der Waals surface area contributed by atoms with Crippen LogP contribution >= 0.6 is 0 Å². The van der Waals surface area contributed by atoms with Gasteiger partial charge in [0.2, 0.25) is 0 Å². The summed E-state index contributed by atoms with van der Waals surface area (Å²) in [7, 11) is 3.36. The number of methoxy groups -OCH3 is 2. The Morgan fingerprint density at radius 2 is 2.20 bits per heavy atom. The van der Waals surface area contributed by atoms with E-state index >= 15 is 0 Å². The summed E-state index contributed by atoms with van der Waals surface area (Å²) < 4.78 is 16.2. The predicted molar refractivity (Wildman–Crippen MR) is 79.5 cm³/mol. The molecule has 0 amide bonds. The average molecular weight is 279 g/mol. The van der Waals surface area contributed by atoms with Crippen molar-refractivity contribution in [3.8, 4) is 11.5 Å². The summed E-state index contributed by atoms with van der Waals surface area (Å²) in [5, 5.41) is 3.58. The first kappa shape index (κ1) is 15.1. The molecule has 2 rings (SSSR count). The van der Waals surface area contributed by atoms with E-state index in [0.29, 0.717) is 5.92 Å². The smallest absolute Gasteiger partial charge is 0.127 e. The highest BCUT2D eigenvalue weighted by atomic mass is 16.5. The molecule has 1 aliphatic rings. The number of hydrogen-bond acceptors (Lipinski definition) is 4. The van der Waals surface area contributed by atoms with E-state index in [2.05, 4.69) is 18.3 Å². The molecule has 1 saturated heterocycles. The van der Waals surface area contributed by atoms with Crippen LogP contribution in [-0.4, -0.2) is 34.0 Å². The molecule has 2 unspecified atom stereocenters. The van der Waals surface area contributed by atoms with Crippen LogP contribution < -0.4 is 14.8 Å². The van der Waals surface area contributed by atoms with Crippen molar-refractivity contribution in [3.05, 3.63) is 23.8 Å². The summed E-state index contributed by atoms with van der Waals surface area (Å²) in [6.07, 6.45) is 2.42. The highest BCUT2D eigenvalue weighted by Gasteiger charge is 2.17. The van der Waals surface area contributed by atoms with Gasteiger partial charge < -0.3 is 19.5 Å². The minimum Gasteiger partial charge on any atom is -0.497 e. The molecule has 0 aromatic heterocycles. The molecule has 112 valence electrons. The molecule has 0 aliphatic carbocycles. The lowest BCUT2D eigenvalue weighted by Gasteiger charge is -2.25. The van der Waals surface area contributed by atoms with Crippen molar-refractivity contribution in [2.24, 2.45) is 5.92 Å². The van der Waals surface area contributed by atoms with Gasteiger partial charge in [-0.15, -0.1) is 0 Å². The summed E-state index contributed by atoms with van der Waals surface area (Å²) >= 11 is 0. The Balaban J connectivity index is 1.95. The fraction of sp³-hybridized carbons (Fsp3) is 0.625. The molecule has 1 heterocycles. The van der Waals surface area contributed by atoms with Gasteiger partial charge in [-0.2, -0.15) is 0 Å². The van der Waals surface area contributed by atoms with Crippen molar-refractivity contribution in [2.75, 3.05) is 34.0 Å². The van der Waals surface area contributed by atoms with Crippen molar-refractivity contribution in [1.82, 2.24) is 5.32 Å². The molecule has 20 heavy (non-hydrogen) atoms. The summed E-state index contributed by atoms with van der Waals surface area (Å²) in [6.45, 7) is 4.93. The highest BCUT2D eigenvalue weighted by molar-refractivity contribution is 5.42. The quantitative estimate of drug-likeness (QED) is 0.869. The maximum absolute atomic E-state index is 5.51. The van der Waals surface area contributed by atoms with Gasteiger partial charge in [-0.3, -0.25) is 0 Å². The lowest BCUT2D eigenvalue weighted by molar-refractivity contribution is 0.0540. The number of benzene rings is 1. The van der Waals surface area contributed by atoms with E-state index in [4.69, 9.17) is 14.2 Å². The molecular weight excluding hydrogens is 254 g/mol. The predicted octanol–water partition coefficient (Wildman–Crippen LogP) is 2.78. The van der Waals surface area contributed by atoms with Crippen molar-refractivity contribution >= 4 is 0 Å². The van der Waals surface area contributed by atoms with Gasteiger partial charge in [0, 0.05) is 30.8 Å². The first-order chi connectivity index (χ1) is 9.74. The summed E-state index contributed by atoms with van der Waals surface area (Å²) in [6, 6.07) is 6.21. The van der Waals surface area contributed by atoms with Gasteiger partial charge in [-0.05, 0) is 31.7 Å². The van der Waals surface area contributed by atoms with Crippen molar-refractivity contribution in [1.29, 1.82) is 0 Å². The molecule has 0 radical (unpaired) electrons. The van der Waals surface area contributed by atoms with E-state index in [1.165, 1.54) is 12.8 Å². The van der Waals surface area contributed by atoms with E-state index < -0.39 is 0 Å². The van der Waals surface area contributed by atoms with E-state index in [-0.39, 0.29) is 6.04 Å². The summed E-state index contributed by atoms with van der Waals surface area (Å²) in [5.74, 6) is 2.30. The second-order valence-electron chi connectivity index (χ2n) is 5.32. The topological polar surface area (TPSA) is 39.7 Å². The third-order valence-corrected chi connectivity index (χ3v) is 3.87. The maximum Gasteiger partial charge on any atom is 0.127 e. The molecule has 4 nitrogen and oxygen atoms in total. The average Bonchev–Trinajstić information content (AvgIpc) is 2.52. The number of rotatable bonds is 6. The molecular formula is C16H25NO3. The van der Waals surface area contributed by atoms with E-state index in [1.54, 1.807) is 14.2 Å². The van der Waals surface area contributed by atoms with Gasteiger partial charge in [-0.25, -0.2) is 0 Å². The number of hydrogen-bond donors (Lipinski definition) is 1. The Labute approximate surface area is 121 Å². The Morgan fingerprint density at radius 1 is 1.35 bits per heavy atom. The fourth-order valence-corrected chi connectivity index (χ4v) is 2.60. The van der Waals surface area contributed by atoms with Gasteiger partial charge >= 0.3 is 0 Å². The molecule has 0 spiro atoms. The first-order valence-corrected chi connectivity index (χ1v) is 7.27. The van der Waals surface area contributed by atoms with E-state index in [9.17, 15) is 0 Å². The molecule has 1 aliphatic heterocycles. The second kappa shape index (κ2) is 7.50. The van der Waals surface area contributed by atoms with Gasteiger partial charge in [0.25, 0.3) is 0 Å². The second-order valence-corrected chi connectivity index (χ2v) is 5.32. The molecule has 1 aromatic rings. The number of nitrogens with one attached hydrogen (secondary N) is 1. The van der Waals surface area contributed by atoms with Crippen LogP contribution in [0.2, 0.25) is 0 Å². The van der Waals surface area contributed by atoms with Crippen LogP contribution in [0.1, 0.15) is 31.4 Å². The largest absolute Gasteiger partial charge is 0.497 e. The van der Waals surface area contributed by atoms with E-state index in [0.717, 1.165) is 36.8 Å². The van der Waals surface area contributed by atoms with Crippen LogP contribution in [0.15, 0.2) is 18.2 Å². The SMILES string of the molecule is COc1ccc(C(C)NCC2CCCOC2)c(OC)c1. The highest BCUT2D eigenvalue weighted by Crippen LogP contribution is 2.29. The molecule has 0 saturated carbocycles. The lowest BCUT2D eigenvalue weighted by Crippen LogP contribution is -2.31. The Bertz CT molecular complexity index is 416. The Hall–Kier alpha value is -1.26. The zero-order chi connectivity index (χ0) is 14.4. The first-order valence-electron chi connectivity index (χ1n) is 7.27. The number of ether oxygens (including phenoxy) is 3. The lowest BCUT2D eigenvalue weighted by atomic mass is 10.0. The monoisotopic (exact) mass is 279 g/mol. The molecule has 1 N–H and O–H groups in total. The van der Waals surface area contributed by atoms with Gasteiger partial charge in [0.15, 0.2) is 0 Å². The molecule has 1 aromatic carbocycles. The van der Waals surface area contributed by atoms with E-state index in [1.807, 2.05) is 12.1 Å². The zero-order valence-corrected chi connectivity index (χ0v) is 12.6. The van der Waals surface area contributed by atoms with Crippen LogP contribution in [0.5, 0.6) is 11.5 Å². The fourth-order valence-electron chi connectivity index (χ4n) is 2.60. The van der Waals surface area contributed by atoms with Crippen LogP contribution in [0.25, 0.3) is 0 Å². The van der Waals surface area contributed by atoms with Crippen LogP contribution in [0.4, 0.5) is 0 Å². The van der Waals surface area contributed by atoms with Gasteiger partial charge in [0.1, 0.15) is 11.5 Å². The van der Waals surface area contributed by atoms with Crippen LogP contribution in [0.3, 0.4) is 0 Å². The zero-order valence-electron chi connectivity index (χ0n) is 12.6.